The topological polar surface area (TPSA) is 62.2 Å². The first kappa shape index (κ1) is 14.4. The van der Waals surface area contributed by atoms with E-state index >= 15 is 0 Å². The lowest BCUT2D eigenvalue weighted by Gasteiger charge is -2.30. The highest BCUT2D eigenvalue weighted by atomic mass is 16.2. The Morgan fingerprint density at radius 1 is 1.30 bits per heavy atom. The van der Waals surface area contributed by atoms with Crippen molar-refractivity contribution in [3.05, 3.63) is 24.3 Å². The van der Waals surface area contributed by atoms with Crippen molar-refractivity contribution in [1.82, 2.24) is 19.9 Å². The second-order valence-electron chi connectivity index (χ2n) is 6.73. The van der Waals surface area contributed by atoms with Crippen LogP contribution in [-0.2, 0) is 4.79 Å². The number of hydrogen-bond donors (Lipinski definition) is 0. The van der Waals surface area contributed by atoms with Gasteiger partial charge in [-0.3, -0.25) is 9.78 Å². The number of aromatic nitrogens is 3. The minimum Gasteiger partial charge on any atom is -0.348 e. The van der Waals surface area contributed by atoms with E-state index in [0.717, 1.165) is 42.1 Å². The monoisotopic (exact) mass is 311 g/mol. The molecule has 0 spiro atoms. The molecule has 3 atom stereocenters. The zero-order valence-electron chi connectivity index (χ0n) is 13.7. The normalized spacial score (nSPS) is 26.8. The van der Waals surface area contributed by atoms with Crippen molar-refractivity contribution in [2.24, 2.45) is 5.92 Å². The smallest absolute Gasteiger partial charge is 0.219 e. The van der Waals surface area contributed by atoms with Crippen LogP contribution in [0, 0.1) is 12.8 Å². The van der Waals surface area contributed by atoms with Gasteiger partial charge in [0.2, 0.25) is 5.91 Å². The molecule has 2 aromatic heterocycles. The third-order valence-electron chi connectivity index (χ3n) is 5.16. The Balaban J connectivity index is 1.79. The molecule has 3 unspecified atom stereocenters. The molecule has 0 aromatic carbocycles. The van der Waals surface area contributed by atoms with Crippen LogP contribution in [0.5, 0.6) is 0 Å². The van der Waals surface area contributed by atoms with E-state index in [1.54, 1.807) is 19.3 Å². The maximum Gasteiger partial charge on any atom is 0.219 e. The molecular formula is C17H21N5O. The van der Waals surface area contributed by atoms with Gasteiger partial charge in [0, 0.05) is 43.6 Å². The van der Waals surface area contributed by atoms with E-state index in [-0.39, 0.29) is 5.91 Å². The molecule has 4 heterocycles. The first-order chi connectivity index (χ1) is 11.0. The summed E-state index contributed by atoms with van der Waals surface area (Å²) in [6, 6.07) is 2.76. The summed E-state index contributed by atoms with van der Waals surface area (Å²) in [5, 5.41) is 1.04. The van der Waals surface area contributed by atoms with Crippen LogP contribution in [0.1, 0.15) is 26.1 Å². The quantitative estimate of drug-likeness (QED) is 0.803. The van der Waals surface area contributed by atoms with Gasteiger partial charge in [0.1, 0.15) is 11.6 Å². The van der Waals surface area contributed by atoms with E-state index < -0.39 is 0 Å². The number of likely N-dealkylation sites (tertiary alicyclic amines) is 1. The Morgan fingerprint density at radius 2 is 2.13 bits per heavy atom. The lowest BCUT2D eigenvalue weighted by Crippen LogP contribution is -2.40. The van der Waals surface area contributed by atoms with Crippen LogP contribution >= 0.6 is 0 Å². The van der Waals surface area contributed by atoms with Gasteiger partial charge in [-0.2, -0.15) is 0 Å². The fraction of sp³-hybridized carbons (Fsp3) is 0.529. The van der Waals surface area contributed by atoms with Crippen LogP contribution in [0.15, 0.2) is 18.5 Å². The SMILES string of the molecule is CC(=O)N1CC2CC(C)N(c3nc(C)nc4cnccc34)C2C1. The molecule has 2 aliphatic heterocycles. The third kappa shape index (κ3) is 2.24. The molecule has 6 heteroatoms. The summed E-state index contributed by atoms with van der Waals surface area (Å²) in [4.78, 5) is 29.5. The van der Waals surface area contributed by atoms with Gasteiger partial charge in [0.25, 0.3) is 0 Å². The summed E-state index contributed by atoms with van der Waals surface area (Å²) < 4.78 is 0. The van der Waals surface area contributed by atoms with Gasteiger partial charge < -0.3 is 9.80 Å². The third-order valence-corrected chi connectivity index (χ3v) is 5.16. The van der Waals surface area contributed by atoms with Gasteiger partial charge >= 0.3 is 0 Å². The van der Waals surface area contributed by atoms with Crippen molar-refractivity contribution in [1.29, 1.82) is 0 Å². The van der Waals surface area contributed by atoms with E-state index in [1.807, 2.05) is 17.9 Å². The molecule has 23 heavy (non-hydrogen) atoms. The van der Waals surface area contributed by atoms with Crippen LogP contribution in [0.25, 0.3) is 10.9 Å². The minimum atomic E-state index is 0.167. The minimum absolute atomic E-state index is 0.167. The zero-order valence-corrected chi connectivity index (χ0v) is 13.7. The Labute approximate surface area is 135 Å². The molecule has 2 fully saturated rings. The van der Waals surface area contributed by atoms with E-state index in [4.69, 9.17) is 4.98 Å². The van der Waals surface area contributed by atoms with Crippen molar-refractivity contribution in [2.45, 2.75) is 39.3 Å². The van der Waals surface area contributed by atoms with Crippen LogP contribution in [0.3, 0.4) is 0 Å². The number of aryl methyl sites for hydroxylation is 1. The summed E-state index contributed by atoms with van der Waals surface area (Å²) in [6.45, 7) is 7.49. The van der Waals surface area contributed by atoms with Crippen molar-refractivity contribution in [3.8, 4) is 0 Å². The summed E-state index contributed by atoms with van der Waals surface area (Å²) in [5.74, 6) is 2.44. The zero-order chi connectivity index (χ0) is 16.1. The van der Waals surface area contributed by atoms with Crippen molar-refractivity contribution in [2.75, 3.05) is 18.0 Å². The van der Waals surface area contributed by atoms with Gasteiger partial charge in [-0.05, 0) is 26.3 Å². The molecule has 0 radical (unpaired) electrons. The molecule has 2 aromatic rings. The van der Waals surface area contributed by atoms with Gasteiger partial charge in [-0.15, -0.1) is 0 Å². The van der Waals surface area contributed by atoms with Crippen molar-refractivity contribution >= 4 is 22.6 Å². The van der Waals surface area contributed by atoms with Crippen molar-refractivity contribution in [3.63, 3.8) is 0 Å². The Bertz CT molecular complexity index is 777. The van der Waals surface area contributed by atoms with Gasteiger partial charge in [-0.25, -0.2) is 9.97 Å². The summed E-state index contributed by atoms with van der Waals surface area (Å²) in [7, 11) is 0. The van der Waals surface area contributed by atoms with E-state index in [1.165, 1.54) is 0 Å². The Kier molecular flexibility index (Phi) is 3.21. The van der Waals surface area contributed by atoms with Gasteiger partial charge in [-0.1, -0.05) is 0 Å². The fourth-order valence-electron chi connectivity index (χ4n) is 4.18. The number of nitrogens with zero attached hydrogens (tertiary/aromatic N) is 5. The fourth-order valence-corrected chi connectivity index (χ4v) is 4.18. The lowest BCUT2D eigenvalue weighted by atomic mass is 10.0. The standard InChI is InChI=1S/C17H21N5O/c1-10-6-13-8-21(12(3)23)9-16(13)22(10)17-14-4-5-18-7-15(14)19-11(2)20-17/h4-5,7,10,13,16H,6,8-9H2,1-3H3. The van der Waals surface area contributed by atoms with E-state index in [9.17, 15) is 4.79 Å². The first-order valence-corrected chi connectivity index (χ1v) is 8.17. The largest absolute Gasteiger partial charge is 0.348 e. The predicted molar refractivity (Wildman–Crippen MR) is 88.2 cm³/mol. The van der Waals surface area contributed by atoms with Crippen LogP contribution < -0.4 is 4.90 Å². The molecule has 2 aliphatic rings. The highest BCUT2D eigenvalue weighted by Gasteiger charge is 2.46. The number of carbonyl (C=O) groups is 1. The number of amides is 1. The molecule has 0 N–H and O–H groups in total. The highest BCUT2D eigenvalue weighted by Crippen LogP contribution is 2.40. The average Bonchev–Trinajstić information content (AvgIpc) is 3.03. The second-order valence-corrected chi connectivity index (χ2v) is 6.73. The van der Waals surface area contributed by atoms with Gasteiger partial charge in [0.05, 0.1) is 17.8 Å². The molecule has 0 bridgehead atoms. The molecule has 6 nitrogen and oxygen atoms in total. The van der Waals surface area contributed by atoms with Crippen LogP contribution in [-0.4, -0.2) is 50.9 Å². The number of rotatable bonds is 1. The molecule has 1 amide bonds. The molecular weight excluding hydrogens is 290 g/mol. The van der Waals surface area contributed by atoms with Gasteiger partial charge in [0.15, 0.2) is 0 Å². The number of fused-ring (bicyclic) bond motifs is 2. The second kappa shape index (κ2) is 5.15. The summed E-state index contributed by atoms with van der Waals surface area (Å²) >= 11 is 0. The average molecular weight is 311 g/mol. The van der Waals surface area contributed by atoms with Crippen LogP contribution in [0.2, 0.25) is 0 Å². The molecule has 0 aliphatic carbocycles. The maximum atomic E-state index is 11.7. The molecule has 4 rings (SSSR count). The lowest BCUT2D eigenvalue weighted by molar-refractivity contribution is -0.128. The Hall–Kier alpha value is -2.24. The number of hydrogen-bond acceptors (Lipinski definition) is 5. The first-order valence-electron chi connectivity index (χ1n) is 8.17. The summed E-state index contributed by atoms with van der Waals surface area (Å²) in [6.07, 6.45) is 4.69. The van der Waals surface area contributed by atoms with Crippen LogP contribution in [0.4, 0.5) is 5.82 Å². The predicted octanol–water partition coefficient (Wildman–Crippen LogP) is 1.78. The molecule has 0 saturated carbocycles. The highest BCUT2D eigenvalue weighted by molar-refractivity contribution is 5.89. The van der Waals surface area contributed by atoms with E-state index in [0.29, 0.717) is 18.0 Å². The number of anilines is 1. The Morgan fingerprint density at radius 3 is 2.91 bits per heavy atom. The number of pyridine rings is 1. The molecule has 2 saturated heterocycles. The van der Waals surface area contributed by atoms with Crippen molar-refractivity contribution < 1.29 is 4.79 Å². The number of carbonyl (C=O) groups excluding carboxylic acids is 1. The van der Waals surface area contributed by atoms with E-state index in [2.05, 4.69) is 21.8 Å². The maximum absolute atomic E-state index is 11.7. The molecule has 120 valence electrons. The summed E-state index contributed by atoms with van der Waals surface area (Å²) in [5.41, 5.74) is 0.882.